The Bertz CT molecular complexity index is 587. The summed E-state index contributed by atoms with van der Waals surface area (Å²) in [4.78, 5) is 4.55. The van der Waals surface area contributed by atoms with Gasteiger partial charge in [0.2, 0.25) is 0 Å². The molecule has 0 bridgehead atoms. The Kier molecular flexibility index (Phi) is 4.45. The zero-order chi connectivity index (χ0) is 14.7. The van der Waals surface area contributed by atoms with Gasteiger partial charge in [-0.15, -0.1) is 0 Å². The molecule has 4 heteroatoms. The zero-order valence-electron chi connectivity index (χ0n) is 12.7. The van der Waals surface area contributed by atoms with E-state index in [-0.39, 0.29) is 0 Å². The van der Waals surface area contributed by atoms with Gasteiger partial charge < -0.3 is 15.0 Å². The number of hydrogen-bond acceptors (Lipinski definition) is 3. The van der Waals surface area contributed by atoms with Crippen LogP contribution in [0.5, 0.6) is 5.75 Å². The number of rotatable bonds is 5. The van der Waals surface area contributed by atoms with E-state index in [9.17, 15) is 0 Å². The van der Waals surface area contributed by atoms with Crippen LogP contribution in [-0.4, -0.2) is 16.7 Å². The number of imidazole rings is 1. The molecular weight excluding hydrogens is 250 g/mol. The summed E-state index contributed by atoms with van der Waals surface area (Å²) >= 11 is 0. The third kappa shape index (κ3) is 3.02. The van der Waals surface area contributed by atoms with Gasteiger partial charge in [0, 0.05) is 26.2 Å². The van der Waals surface area contributed by atoms with Crippen LogP contribution in [-0.2, 0) is 20.0 Å². The lowest BCUT2D eigenvalue weighted by atomic mass is 9.98. The first-order valence-electron chi connectivity index (χ1n) is 6.93. The number of benzene rings is 1. The van der Waals surface area contributed by atoms with E-state index in [1.807, 2.05) is 23.9 Å². The van der Waals surface area contributed by atoms with Gasteiger partial charge >= 0.3 is 0 Å². The maximum Gasteiger partial charge on any atom is 0.122 e. The van der Waals surface area contributed by atoms with Crippen LogP contribution in [0.1, 0.15) is 42.4 Å². The second-order valence-electron chi connectivity index (χ2n) is 5.37. The van der Waals surface area contributed by atoms with Crippen molar-refractivity contribution in [3.8, 4) is 5.75 Å². The summed E-state index contributed by atoms with van der Waals surface area (Å²) in [5.74, 6) is 2.42. The Hall–Kier alpha value is -1.81. The Labute approximate surface area is 120 Å². The molecular formula is C16H23N3O. The molecule has 2 N–H and O–H groups in total. The van der Waals surface area contributed by atoms with E-state index in [0.717, 1.165) is 23.7 Å². The highest BCUT2D eigenvalue weighted by Gasteiger charge is 2.10. The zero-order valence-corrected chi connectivity index (χ0v) is 12.7. The predicted octanol–water partition coefficient (Wildman–Crippen LogP) is 2.60. The van der Waals surface area contributed by atoms with E-state index < -0.39 is 0 Å². The fourth-order valence-corrected chi connectivity index (χ4v) is 2.36. The van der Waals surface area contributed by atoms with Crippen molar-refractivity contribution < 1.29 is 4.74 Å². The van der Waals surface area contributed by atoms with Crippen LogP contribution in [0.25, 0.3) is 0 Å². The Balaban J connectivity index is 2.29. The molecule has 1 aromatic heterocycles. The third-order valence-corrected chi connectivity index (χ3v) is 3.51. The van der Waals surface area contributed by atoms with Crippen molar-refractivity contribution in [2.45, 2.75) is 32.7 Å². The minimum Gasteiger partial charge on any atom is -0.496 e. The van der Waals surface area contributed by atoms with Crippen molar-refractivity contribution in [2.24, 2.45) is 12.8 Å². The first kappa shape index (κ1) is 14.6. The van der Waals surface area contributed by atoms with E-state index in [0.29, 0.717) is 12.5 Å². The molecule has 0 fully saturated rings. The van der Waals surface area contributed by atoms with Gasteiger partial charge in [0.15, 0.2) is 0 Å². The molecule has 0 saturated heterocycles. The molecule has 0 saturated carbocycles. The molecule has 0 unspecified atom stereocenters. The van der Waals surface area contributed by atoms with E-state index in [4.69, 9.17) is 10.5 Å². The van der Waals surface area contributed by atoms with Gasteiger partial charge in [-0.1, -0.05) is 26.0 Å². The van der Waals surface area contributed by atoms with Gasteiger partial charge in [-0.25, -0.2) is 4.98 Å². The van der Waals surface area contributed by atoms with Gasteiger partial charge in [-0.2, -0.15) is 0 Å². The molecule has 108 valence electrons. The SMILES string of the molecule is COc1ccc(Cc2nc(CN)cn2C)cc1C(C)C. The first-order chi connectivity index (χ1) is 9.55. The van der Waals surface area contributed by atoms with Gasteiger partial charge in [-0.05, 0) is 23.1 Å². The highest BCUT2D eigenvalue weighted by molar-refractivity contribution is 5.40. The highest BCUT2D eigenvalue weighted by atomic mass is 16.5. The smallest absolute Gasteiger partial charge is 0.122 e. The van der Waals surface area contributed by atoms with Crippen molar-refractivity contribution >= 4 is 0 Å². The van der Waals surface area contributed by atoms with E-state index in [1.54, 1.807) is 7.11 Å². The van der Waals surface area contributed by atoms with Crippen LogP contribution in [0.2, 0.25) is 0 Å². The summed E-state index contributed by atoms with van der Waals surface area (Å²) in [6.07, 6.45) is 2.79. The second kappa shape index (κ2) is 6.09. The molecule has 0 aliphatic carbocycles. The molecule has 0 aliphatic rings. The van der Waals surface area contributed by atoms with E-state index >= 15 is 0 Å². The number of nitrogens with two attached hydrogens (primary N) is 1. The molecule has 1 aromatic carbocycles. The number of nitrogens with zero attached hydrogens (tertiary/aromatic N) is 2. The molecule has 0 amide bonds. The second-order valence-corrected chi connectivity index (χ2v) is 5.37. The van der Waals surface area contributed by atoms with Crippen molar-refractivity contribution in [1.29, 1.82) is 0 Å². The van der Waals surface area contributed by atoms with Crippen LogP contribution in [0, 0.1) is 0 Å². The minimum absolute atomic E-state index is 0.436. The monoisotopic (exact) mass is 273 g/mol. The van der Waals surface area contributed by atoms with Crippen LogP contribution in [0.3, 0.4) is 0 Å². The average molecular weight is 273 g/mol. The van der Waals surface area contributed by atoms with Crippen LogP contribution in [0.15, 0.2) is 24.4 Å². The number of aryl methyl sites for hydroxylation is 1. The molecule has 1 heterocycles. The maximum atomic E-state index is 5.63. The Morgan fingerprint density at radius 3 is 2.65 bits per heavy atom. The van der Waals surface area contributed by atoms with Crippen molar-refractivity contribution in [3.63, 3.8) is 0 Å². The molecule has 0 aliphatic heterocycles. The van der Waals surface area contributed by atoms with Crippen molar-refractivity contribution in [3.05, 3.63) is 47.0 Å². The average Bonchev–Trinajstić information content (AvgIpc) is 2.79. The topological polar surface area (TPSA) is 53.1 Å². The van der Waals surface area contributed by atoms with Gasteiger partial charge in [0.25, 0.3) is 0 Å². The molecule has 0 atom stereocenters. The van der Waals surface area contributed by atoms with Gasteiger partial charge in [0.05, 0.1) is 12.8 Å². The van der Waals surface area contributed by atoms with Gasteiger partial charge in [-0.3, -0.25) is 0 Å². The lowest BCUT2D eigenvalue weighted by Crippen LogP contribution is -2.01. The predicted molar refractivity (Wildman–Crippen MR) is 81.0 cm³/mol. The molecule has 2 aromatic rings. The van der Waals surface area contributed by atoms with Gasteiger partial charge in [0.1, 0.15) is 11.6 Å². The summed E-state index contributed by atoms with van der Waals surface area (Å²) in [6, 6.07) is 6.35. The number of aromatic nitrogens is 2. The third-order valence-electron chi connectivity index (χ3n) is 3.51. The molecule has 20 heavy (non-hydrogen) atoms. The molecule has 0 radical (unpaired) electrons. The summed E-state index contributed by atoms with van der Waals surface area (Å²) in [5.41, 5.74) is 9.04. The van der Waals surface area contributed by atoms with Crippen molar-refractivity contribution in [2.75, 3.05) is 7.11 Å². The van der Waals surface area contributed by atoms with Crippen LogP contribution >= 0.6 is 0 Å². The van der Waals surface area contributed by atoms with E-state index in [2.05, 4.69) is 31.0 Å². The fraction of sp³-hybridized carbons (Fsp3) is 0.438. The largest absolute Gasteiger partial charge is 0.496 e. The quantitative estimate of drug-likeness (QED) is 0.911. The number of hydrogen-bond donors (Lipinski definition) is 1. The standard InChI is InChI=1S/C16H23N3O/c1-11(2)14-7-12(5-6-15(14)20-4)8-16-18-13(9-17)10-19(16)3/h5-7,10-11H,8-9,17H2,1-4H3. The first-order valence-corrected chi connectivity index (χ1v) is 6.93. The lowest BCUT2D eigenvalue weighted by molar-refractivity contribution is 0.407. The number of methoxy groups -OCH3 is 1. The fourth-order valence-electron chi connectivity index (χ4n) is 2.36. The molecule has 4 nitrogen and oxygen atoms in total. The normalized spacial score (nSPS) is 11.1. The Morgan fingerprint density at radius 2 is 2.10 bits per heavy atom. The lowest BCUT2D eigenvalue weighted by Gasteiger charge is -2.13. The maximum absolute atomic E-state index is 5.63. The summed E-state index contributed by atoms with van der Waals surface area (Å²) < 4.78 is 7.46. The summed E-state index contributed by atoms with van der Waals surface area (Å²) in [6.45, 7) is 4.83. The minimum atomic E-state index is 0.436. The number of ether oxygens (including phenoxy) is 1. The van der Waals surface area contributed by atoms with E-state index in [1.165, 1.54) is 11.1 Å². The summed E-state index contributed by atoms with van der Waals surface area (Å²) in [7, 11) is 3.72. The molecule has 2 rings (SSSR count). The summed E-state index contributed by atoms with van der Waals surface area (Å²) in [5, 5.41) is 0. The Morgan fingerprint density at radius 1 is 1.35 bits per heavy atom. The highest BCUT2D eigenvalue weighted by Crippen LogP contribution is 2.28. The van der Waals surface area contributed by atoms with Crippen molar-refractivity contribution in [1.82, 2.24) is 9.55 Å². The van der Waals surface area contributed by atoms with Crippen LogP contribution < -0.4 is 10.5 Å². The van der Waals surface area contributed by atoms with Crippen LogP contribution in [0.4, 0.5) is 0 Å². The molecule has 0 spiro atoms.